The van der Waals surface area contributed by atoms with Crippen LogP contribution < -0.4 is 10.6 Å². The molecule has 0 bridgehead atoms. The molecule has 7 heteroatoms. The van der Waals surface area contributed by atoms with Gasteiger partial charge in [0.2, 0.25) is 5.91 Å². The van der Waals surface area contributed by atoms with Crippen LogP contribution in [0.3, 0.4) is 0 Å². The lowest BCUT2D eigenvalue weighted by molar-refractivity contribution is -0.125. The van der Waals surface area contributed by atoms with Crippen molar-refractivity contribution in [2.45, 2.75) is 32.0 Å². The SMILES string of the molecule is CCNC(=O)[C@@H]1C[C@H](NC(=O)c2ccccn2)CN1Cc1cccnc1. The molecule has 2 aromatic rings. The van der Waals surface area contributed by atoms with Gasteiger partial charge >= 0.3 is 0 Å². The Kier molecular flexibility index (Phi) is 5.91. The van der Waals surface area contributed by atoms with Crippen molar-refractivity contribution in [2.75, 3.05) is 13.1 Å². The number of carbonyl (C=O) groups excluding carboxylic acids is 2. The van der Waals surface area contributed by atoms with Crippen LogP contribution in [0.5, 0.6) is 0 Å². The van der Waals surface area contributed by atoms with Gasteiger partial charge in [0.25, 0.3) is 5.91 Å². The molecule has 26 heavy (non-hydrogen) atoms. The highest BCUT2D eigenvalue weighted by molar-refractivity contribution is 5.92. The van der Waals surface area contributed by atoms with Gasteiger partial charge in [-0.05, 0) is 37.1 Å². The third-order valence-electron chi connectivity index (χ3n) is 4.40. The molecule has 1 fully saturated rings. The molecule has 0 aromatic carbocycles. The first kappa shape index (κ1) is 18.0. The average Bonchev–Trinajstić information content (AvgIpc) is 3.05. The van der Waals surface area contributed by atoms with Gasteiger partial charge in [0, 0.05) is 44.3 Å². The van der Waals surface area contributed by atoms with E-state index in [0.717, 1.165) is 5.56 Å². The van der Waals surface area contributed by atoms with Gasteiger partial charge < -0.3 is 10.6 Å². The summed E-state index contributed by atoms with van der Waals surface area (Å²) in [6, 6.07) is 8.72. The van der Waals surface area contributed by atoms with E-state index < -0.39 is 0 Å². The van der Waals surface area contributed by atoms with Crippen LogP contribution in [0.25, 0.3) is 0 Å². The lowest BCUT2D eigenvalue weighted by atomic mass is 10.1. The Morgan fingerprint density at radius 1 is 1.23 bits per heavy atom. The second-order valence-corrected chi connectivity index (χ2v) is 6.32. The Bertz CT molecular complexity index is 738. The standard InChI is InChI=1S/C19H23N5O2/c1-2-21-19(26)17-10-15(23-18(25)16-7-3-4-9-22-16)13-24(17)12-14-6-5-8-20-11-14/h3-9,11,15,17H,2,10,12-13H2,1H3,(H,21,26)(H,23,25)/t15-,17-/m0/s1. The molecule has 0 spiro atoms. The summed E-state index contributed by atoms with van der Waals surface area (Å²) >= 11 is 0. The molecule has 3 rings (SSSR count). The van der Waals surface area contributed by atoms with Crippen molar-refractivity contribution in [2.24, 2.45) is 0 Å². The lowest BCUT2D eigenvalue weighted by Crippen LogP contribution is -2.42. The molecule has 0 saturated carbocycles. The molecule has 1 saturated heterocycles. The monoisotopic (exact) mass is 353 g/mol. The van der Waals surface area contributed by atoms with Crippen molar-refractivity contribution >= 4 is 11.8 Å². The molecule has 136 valence electrons. The second kappa shape index (κ2) is 8.53. The van der Waals surface area contributed by atoms with E-state index in [1.54, 1.807) is 36.8 Å². The second-order valence-electron chi connectivity index (χ2n) is 6.32. The van der Waals surface area contributed by atoms with E-state index in [-0.39, 0.29) is 23.9 Å². The van der Waals surface area contributed by atoms with Gasteiger partial charge in [-0.15, -0.1) is 0 Å². The predicted molar refractivity (Wildman–Crippen MR) is 97.2 cm³/mol. The molecular weight excluding hydrogens is 330 g/mol. The minimum Gasteiger partial charge on any atom is -0.355 e. The maximum Gasteiger partial charge on any atom is 0.270 e. The zero-order valence-electron chi connectivity index (χ0n) is 14.8. The third-order valence-corrected chi connectivity index (χ3v) is 4.40. The van der Waals surface area contributed by atoms with Gasteiger partial charge in [0.05, 0.1) is 6.04 Å². The van der Waals surface area contributed by atoms with Gasteiger partial charge in [-0.2, -0.15) is 0 Å². The minimum atomic E-state index is -0.274. The highest BCUT2D eigenvalue weighted by Crippen LogP contribution is 2.21. The fourth-order valence-corrected chi connectivity index (χ4v) is 3.23. The summed E-state index contributed by atoms with van der Waals surface area (Å²) in [5, 5.41) is 5.89. The molecule has 2 N–H and O–H groups in total. The zero-order valence-corrected chi connectivity index (χ0v) is 14.8. The van der Waals surface area contributed by atoms with Crippen molar-refractivity contribution < 1.29 is 9.59 Å². The summed E-state index contributed by atoms with van der Waals surface area (Å²) in [6.45, 7) is 3.71. The molecule has 2 atom stereocenters. The Balaban J connectivity index is 1.69. The number of hydrogen-bond acceptors (Lipinski definition) is 5. The molecule has 2 aromatic heterocycles. The van der Waals surface area contributed by atoms with Crippen LogP contribution in [0, 0.1) is 0 Å². The molecule has 0 unspecified atom stereocenters. The Labute approximate surface area is 152 Å². The van der Waals surface area contributed by atoms with Crippen LogP contribution >= 0.6 is 0 Å². The van der Waals surface area contributed by atoms with E-state index in [1.165, 1.54) is 0 Å². The van der Waals surface area contributed by atoms with E-state index in [9.17, 15) is 9.59 Å². The van der Waals surface area contributed by atoms with Crippen molar-refractivity contribution in [1.29, 1.82) is 0 Å². The summed E-state index contributed by atoms with van der Waals surface area (Å²) < 4.78 is 0. The van der Waals surface area contributed by atoms with Crippen molar-refractivity contribution in [1.82, 2.24) is 25.5 Å². The van der Waals surface area contributed by atoms with Gasteiger partial charge in [-0.1, -0.05) is 12.1 Å². The normalized spacial score (nSPS) is 19.9. The number of pyridine rings is 2. The van der Waals surface area contributed by atoms with Crippen LogP contribution in [0.15, 0.2) is 48.9 Å². The number of nitrogens with zero attached hydrogens (tertiary/aromatic N) is 3. The molecule has 0 aliphatic carbocycles. The molecule has 0 radical (unpaired) electrons. The van der Waals surface area contributed by atoms with Gasteiger partial charge in [-0.25, -0.2) is 0 Å². The topological polar surface area (TPSA) is 87.2 Å². The Morgan fingerprint density at radius 2 is 2.12 bits per heavy atom. The van der Waals surface area contributed by atoms with Crippen LogP contribution in [-0.2, 0) is 11.3 Å². The smallest absolute Gasteiger partial charge is 0.270 e. The first-order valence-corrected chi connectivity index (χ1v) is 8.80. The number of likely N-dealkylation sites (N-methyl/N-ethyl adjacent to an activating group) is 1. The first-order chi connectivity index (χ1) is 12.7. The first-order valence-electron chi connectivity index (χ1n) is 8.80. The predicted octanol–water partition coefficient (Wildman–Crippen LogP) is 0.986. The fourth-order valence-electron chi connectivity index (χ4n) is 3.23. The lowest BCUT2D eigenvalue weighted by Gasteiger charge is -2.23. The maximum absolute atomic E-state index is 12.5. The Morgan fingerprint density at radius 3 is 2.81 bits per heavy atom. The molecule has 2 amide bonds. The zero-order chi connectivity index (χ0) is 18.4. The average molecular weight is 353 g/mol. The largest absolute Gasteiger partial charge is 0.355 e. The van der Waals surface area contributed by atoms with E-state index in [4.69, 9.17) is 0 Å². The summed E-state index contributed by atoms with van der Waals surface area (Å²) in [6.07, 6.45) is 5.69. The molecular formula is C19H23N5O2. The van der Waals surface area contributed by atoms with E-state index >= 15 is 0 Å². The quantitative estimate of drug-likeness (QED) is 0.809. The third kappa shape index (κ3) is 4.43. The highest BCUT2D eigenvalue weighted by atomic mass is 16.2. The number of carbonyl (C=O) groups is 2. The van der Waals surface area contributed by atoms with E-state index in [1.807, 2.05) is 19.1 Å². The number of nitrogens with one attached hydrogen (secondary N) is 2. The summed E-state index contributed by atoms with van der Waals surface area (Å²) in [5.74, 6) is -0.223. The molecule has 3 heterocycles. The summed E-state index contributed by atoms with van der Waals surface area (Å²) in [4.78, 5) is 35.1. The number of hydrogen-bond donors (Lipinski definition) is 2. The van der Waals surface area contributed by atoms with Crippen molar-refractivity contribution in [3.05, 3.63) is 60.2 Å². The number of amides is 2. The van der Waals surface area contributed by atoms with Crippen molar-refractivity contribution in [3.63, 3.8) is 0 Å². The summed E-state index contributed by atoms with van der Waals surface area (Å²) in [7, 11) is 0. The number of aromatic nitrogens is 2. The van der Waals surface area contributed by atoms with Gasteiger partial charge in [0.15, 0.2) is 0 Å². The van der Waals surface area contributed by atoms with Crippen LogP contribution in [0.1, 0.15) is 29.4 Å². The highest BCUT2D eigenvalue weighted by Gasteiger charge is 2.37. The van der Waals surface area contributed by atoms with E-state index in [0.29, 0.717) is 31.7 Å². The van der Waals surface area contributed by atoms with Gasteiger partial charge in [0.1, 0.15) is 5.69 Å². The summed E-state index contributed by atoms with van der Waals surface area (Å²) in [5.41, 5.74) is 1.42. The number of likely N-dealkylation sites (tertiary alicyclic amines) is 1. The van der Waals surface area contributed by atoms with Crippen LogP contribution in [0.4, 0.5) is 0 Å². The van der Waals surface area contributed by atoms with Crippen LogP contribution in [0.2, 0.25) is 0 Å². The Hall–Kier alpha value is -2.80. The van der Waals surface area contributed by atoms with Gasteiger partial charge in [-0.3, -0.25) is 24.5 Å². The molecule has 1 aliphatic rings. The fraction of sp³-hybridized carbons (Fsp3) is 0.368. The van der Waals surface area contributed by atoms with Crippen LogP contribution in [-0.4, -0.2) is 51.9 Å². The molecule has 7 nitrogen and oxygen atoms in total. The molecule has 1 aliphatic heterocycles. The van der Waals surface area contributed by atoms with Crippen molar-refractivity contribution in [3.8, 4) is 0 Å². The maximum atomic E-state index is 12.5. The minimum absolute atomic E-state index is 0.00836. The van der Waals surface area contributed by atoms with E-state index in [2.05, 4.69) is 25.5 Å². The number of rotatable bonds is 6.